The molecule has 1 aliphatic heterocycles. The summed E-state index contributed by atoms with van der Waals surface area (Å²) in [5, 5.41) is 7.76. The molecule has 0 aromatic carbocycles. The number of epoxide rings is 1. The summed E-state index contributed by atoms with van der Waals surface area (Å²) in [6, 6.07) is 0. The molecule has 0 unspecified atom stereocenters. The van der Waals surface area contributed by atoms with E-state index in [0.29, 0.717) is 6.54 Å². The van der Waals surface area contributed by atoms with Crippen molar-refractivity contribution in [3.05, 3.63) is 25.3 Å². The summed E-state index contributed by atoms with van der Waals surface area (Å²) in [5.74, 6) is 0. The van der Waals surface area contributed by atoms with E-state index in [0.717, 1.165) is 13.2 Å². The Labute approximate surface area is 127 Å². The third kappa shape index (κ3) is 609. The zero-order chi connectivity index (χ0) is 16.9. The van der Waals surface area contributed by atoms with E-state index in [1.54, 1.807) is 12.3 Å². The van der Waals surface area contributed by atoms with Crippen molar-refractivity contribution in [3.8, 4) is 0 Å². The lowest BCUT2D eigenvalue weighted by molar-refractivity contribution is 0.343. The number of hydrogen-bond donors (Lipinski definition) is 4. The Kier molecular flexibility index (Phi) is 211. The monoisotopic (exact) mass is 298 g/mol. The highest BCUT2D eigenvalue weighted by Crippen LogP contribution is 1.84. The average molecular weight is 299 g/mol. The SMILES string of the molecule is C1CO1.C=CCN.C=CCO.CC.CC.CN.CS. The van der Waals surface area contributed by atoms with Crippen molar-refractivity contribution in [2.45, 2.75) is 27.7 Å². The fraction of sp³-hybridized carbons (Fsp3) is 0.714. The van der Waals surface area contributed by atoms with Gasteiger partial charge in [0.1, 0.15) is 0 Å². The van der Waals surface area contributed by atoms with Gasteiger partial charge in [-0.15, -0.1) is 13.2 Å². The maximum absolute atomic E-state index is 7.76. The third-order valence-electron chi connectivity index (χ3n) is 0.500. The molecule has 1 rings (SSSR count). The van der Waals surface area contributed by atoms with Gasteiger partial charge in [0.05, 0.1) is 19.8 Å². The number of ether oxygens (including phenoxy) is 1. The topological polar surface area (TPSA) is 84.8 Å². The molecule has 0 aromatic heterocycles. The number of rotatable bonds is 2. The van der Waals surface area contributed by atoms with E-state index in [4.69, 9.17) is 10.8 Å². The van der Waals surface area contributed by atoms with Crippen LogP contribution in [-0.2, 0) is 4.74 Å². The first-order valence-electron chi connectivity index (χ1n) is 6.46. The first-order valence-corrected chi connectivity index (χ1v) is 7.35. The Morgan fingerprint density at radius 1 is 1.05 bits per heavy atom. The van der Waals surface area contributed by atoms with Gasteiger partial charge in [-0.25, -0.2) is 0 Å². The maximum atomic E-state index is 7.76. The first kappa shape index (κ1) is 36.3. The standard InChI is InChI=1S/C3H7N.C3H6O.C2H4O.2C2H6.CH5N.CH4S/c2*1-2-3-4;1-2-3-1;4*1-2/h2H,1,3-4H2;2,4H,1,3H2;1-2H2;2*1-2H3;2H2,1H3;2H,1H3. The van der Waals surface area contributed by atoms with Gasteiger partial charge in [0.15, 0.2) is 0 Å². The molecular weight excluding hydrogens is 260 g/mol. The minimum atomic E-state index is 0.0833. The van der Waals surface area contributed by atoms with Crippen LogP contribution in [0.25, 0.3) is 0 Å². The van der Waals surface area contributed by atoms with Crippen molar-refractivity contribution in [2.75, 3.05) is 39.7 Å². The number of hydrogen-bond acceptors (Lipinski definition) is 5. The summed E-state index contributed by atoms with van der Waals surface area (Å²) in [5.41, 5.74) is 9.41. The molecule has 122 valence electrons. The number of thiol groups is 1. The van der Waals surface area contributed by atoms with Crippen molar-refractivity contribution in [2.24, 2.45) is 11.5 Å². The van der Waals surface area contributed by atoms with E-state index in [9.17, 15) is 0 Å². The Balaban J connectivity index is -0.0000000267. The van der Waals surface area contributed by atoms with Crippen LogP contribution >= 0.6 is 12.6 Å². The lowest BCUT2D eigenvalue weighted by atomic mass is 10.7. The van der Waals surface area contributed by atoms with Crippen molar-refractivity contribution in [1.29, 1.82) is 0 Å². The molecule has 4 nitrogen and oxygen atoms in total. The minimum absolute atomic E-state index is 0.0833. The van der Waals surface area contributed by atoms with Gasteiger partial charge in [0, 0.05) is 6.54 Å². The molecule has 0 atom stereocenters. The molecule has 1 aliphatic rings. The van der Waals surface area contributed by atoms with E-state index in [2.05, 4.69) is 36.3 Å². The average Bonchev–Trinajstić information content (AvgIpc) is 3.44. The predicted octanol–water partition coefficient (Wildman–Crippen LogP) is 2.49. The lowest BCUT2D eigenvalue weighted by Crippen LogP contribution is -1.90. The third-order valence-corrected chi connectivity index (χ3v) is 0.500. The van der Waals surface area contributed by atoms with Crippen LogP contribution in [0.3, 0.4) is 0 Å². The van der Waals surface area contributed by atoms with Gasteiger partial charge in [-0.3, -0.25) is 0 Å². The summed E-state index contributed by atoms with van der Waals surface area (Å²) >= 11 is 3.53. The second-order valence-electron chi connectivity index (χ2n) is 1.61. The Hall–Kier alpha value is -0.330. The van der Waals surface area contributed by atoms with E-state index >= 15 is 0 Å². The number of nitrogens with two attached hydrogens (primary N) is 2. The van der Waals surface area contributed by atoms with E-state index in [-0.39, 0.29) is 6.61 Å². The van der Waals surface area contributed by atoms with Gasteiger partial charge < -0.3 is 21.3 Å². The molecule has 1 saturated heterocycles. The smallest absolute Gasteiger partial charge is 0.0701 e. The molecule has 0 amide bonds. The van der Waals surface area contributed by atoms with Crippen LogP contribution < -0.4 is 11.5 Å². The summed E-state index contributed by atoms with van der Waals surface area (Å²) in [7, 11) is 1.50. The van der Waals surface area contributed by atoms with Crippen molar-refractivity contribution >= 4 is 12.6 Å². The number of aliphatic hydroxyl groups is 1. The van der Waals surface area contributed by atoms with Crippen molar-refractivity contribution in [1.82, 2.24) is 0 Å². The van der Waals surface area contributed by atoms with Crippen LogP contribution in [0.15, 0.2) is 25.3 Å². The van der Waals surface area contributed by atoms with Gasteiger partial charge >= 0.3 is 0 Å². The summed E-state index contributed by atoms with van der Waals surface area (Å²) in [4.78, 5) is 0. The fourth-order valence-electron chi connectivity index (χ4n) is 0. The largest absolute Gasteiger partial charge is 0.392 e. The molecule has 0 aliphatic carbocycles. The molecule has 0 aromatic rings. The Morgan fingerprint density at radius 3 is 1.21 bits per heavy atom. The summed E-state index contributed by atoms with van der Waals surface area (Å²) < 4.78 is 4.50. The summed E-state index contributed by atoms with van der Waals surface area (Å²) in [6.07, 6.45) is 4.78. The molecule has 0 bridgehead atoms. The summed E-state index contributed by atoms with van der Waals surface area (Å²) in [6.45, 7) is 17.2. The van der Waals surface area contributed by atoms with Gasteiger partial charge in [-0.05, 0) is 13.3 Å². The molecule has 19 heavy (non-hydrogen) atoms. The van der Waals surface area contributed by atoms with Crippen molar-refractivity contribution < 1.29 is 9.84 Å². The van der Waals surface area contributed by atoms with E-state index in [1.165, 1.54) is 13.1 Å². The van der Waals surface area contributed by atoms with Gasteiger partial charge in [0.2, 0.25) is 0 Å². The molecule has 0 spiro atoms. The van der Waals surface area contributed by atoms with Crippen LogP contribution in [0.4, 0.5) is 0 Å². The van der Waals surface area contributed by atoms with Gasteiger partial charge in [-0.2, -0.15) is 12.6 Å². The second-order valence-corrected chi connectivity index (χ2v) is 1.61. The Bertz CT molecular complexity index is 82.8. The Morgan fingerprint density at radius 2 is 1.21 bits per heavy atom. The second kappa shape index (κ2) is 110. The highest BCUT2D eigenvalue weighted by molar-refractivity contribution is 7.79. The molecule has 1 heterocycles. The zero-order valence-electron chi connectivity index (χ0n) is 13.9. The highest BCUT2D eigenvalue weighted by atomic mass is 32.1. The maximum Gasteiger partial charge on any atom is 0.0701 e. The lowest BCUT2D eigenvalue weighted by Gasteiger charge is -1.61. The fourth-order valence-corrected chi connectivity index (χ4v) is 0. The van der Waals surface area contributed by atoms with Crippen LogP contribution in [0.2, 0.25) is 0 Å². The minimum Gasteiger partial charge on any atom is -0.392 e. The van der Waals surface area contributed by atoms with Gasteiger partial charge in [0.25, 0.3) is 0 Å². The first-order chi connectivity index (χ1) is 9.33. The molecule has 0 radical (unpaired) electrons. The van der Waals surface area contributed by atoms with Crippen LogP contribution in [0, 0.1) is 0 Å². The molecular formula is C14H38N2O2S. The predicted molar refractivity (Wildman–Crippen MR) is 95.1 cm³/mol. The normalized spacial score (nSPS) is 7.68. The van der Waals surface area contributed by atoms with Crippen LogP contribution in [-0.4, -0.2) is 44.8 Å². The number of aliphatic hydroxyl groups excluding tert-OH is 1. The quantitative estimate of drug-likeness (QED) is 0.358. The zero-order valence-corrected chi connectivity index (χ0v) is 14.7. The van der Waals surface area contributed by atoms with E-state index < -0.39 is 0 Å². The molecule has 1 fully saturated rings. The van der Waals surface area contributed by atoms with Crippen LogP contribution in [0.5, 0.6) is 0 Å². The van der Waals surface area contributed by atoms with Gasteiger partial charge in [-0.1, -0.05) is 39.8 Å². The molecule has 5 heteroatoms. The van der Waals surface area contributed by atoms with Crippen molar-refractivity contribution in [3.63, 3.8) is 0 Å². The van der Waals surface area contributed by atoms with Crippen LogP contribution in [0.1, 0.15) is 27.7 Å². The molecule has 5 N–H and O–H groups in total. The highest BCUT2D eigenvalue weighted by Gasteiger charge is 1.94. The molecule has 0 saturated carbocycles. The van der Waals surface area contributed by atoms with E-state index in [1.807, 2.05) is 27.7 Å².